The van der Waals surface area contributed by atoms with Crippen LogP contribution in [0.15, 0.2) is 0 Å². The Labute approximate surface area is 135 Å². The molecule has 0 aromatic carbocycles. The van der Waals surface area contributed by atoms with Crippen molar-refractivity contribution in [3.8, 4) is 0 Å². The van der Waals surface area contributed by atoms with E-state index in [1.54, 1.807) is 0 Å². The Balaban J connectivity index is 3.58. The van der Waals surface area contributed by atoms with Gasteiger partial charge in [-0.15, -0.1) is 0 Å². The molecule has 126 valence electrons. The summed E-state index contributed by atoms with van der Waals surface area (Å²) in [4.78, 5) is 0. The summed E-state index contributed by atoms with van der Waals surface area (Å²) >= 11 is 0. The van der Waals surface area contributed by atoms with E-state index in [-0.39, 0.29) is 21.7 Å². The van der Waals surface area contributed by atoms with Crippen LogP contribution in [-0.2, 0) is 0 Å². The van der Waals surface area contributed by atoms with Crippen molar-refractivity contribution in [2.45, 2.75) is 96.9 Å². The van der Waals surface area contributed by atoms with Crippen molar-refractivity contribution in [2.75, 3.05) is 0 Å². The highest BCUT2D eigenvalue weighted by atomic mass is 14.8. The van der Waals surface area contributed by atoms with Crippen molar-refractivity contribution in [1.29, 1.82) is 0 Å². The second-order valence-corrected chi connectivity index (χ2v) is 11.5. The summed E-state index contributed by atoms with van der Waals surface area (Å²) in [5, 5.41) is 0. The van der Waals surface area contributed by atoms with Gasteiger partial charge >= 0.3 is 0 Å². The largest absolute Gasteiger partial charge is 0.0596 e. The molecule has 0 N–H and O–H groups in total. The summed E-state index contributed by atoms with van der Waals surface area (Å²) in [6.45, 7) is 34.7. The molecule has 0 bridgehead atoms. The molecule has 0 spiro atoms. The highest BCUT2D eigenvalue weighted by molar-refractivity contribution is 5.26. The molecule has 0 amide bonds. The smallest absolute Gasteiger partial charge is 0.0156 e. The lowest BCUT2D eigenvalue weighted by Gasteiger charge is -2.83. The summed E-state index contributed by atoms with van der Waals surface area (Å²) in [7, 11) is 0. The third-order valence-electron chi connectivity index (χ3n) is 10.3. The van der Waals surface area contributed by atoms with Crippen molar-refractivity contribution in [3.05, 3.63) is 0 Å². The number of hydrogen-bond acceptors (Lipinski definition) is 0. The van der Waals surface area contributed by atoms with E-state index in [0.29, 0.717) is 16.2 Å². The van der Waals surface area contributed by atoms with Crippen LogP contribution in [0.3, 0.4) is 0 Å². The molecule has 0 aromatic heterocycles. The molecule has 0 heteroatoms. The minimum Gasteiger partial charge on any atom is -0.0596 e. The van der Waals surface area contributed by atoms with Crippen LogP contribution in [0.1, 0.15) is 96.9 Å². The zero-order valence-electron chi connectivity index (χ0n) is 17.5. The summed E-state index contributed by atoms with van der Waals surface area (Å²) in [6, 6.07) is 0. The molecule has 0 atom stereocenters. The average Bonchev–Trinajstić information content (AvgIpc) is 2.24. The van der Waals surface area contributed by atoms with Crippen LogP contribution in [0.2, 0.25) is 0 Å². The van der Waals surface area contributed by atoms with Gasteiger partial charge in [-0.1, -0.05) is 96.9 Å². The van der Waals surface area contributed by atoms with E-state index in [4.69, 9.17) is 0 Å². The van der Waals surface area contributed by atoms with E-state index < -0.39 is 0 Å². The molecule has 21 heavy (non-hydrogen) atoms. The van der Waals surface area contributed by atoms with Crippen LogP contribution < -0.4 is 0 Å². The van der Waals surface area contributed by atoms with Gasteiger partial charge in [0.1, 0.15) is 0 Å². The van der Waals surface area contributed by atoms with Gasteiger partial charge in [0.25, 0.3) is 0 Å². The van der Waals surface area contributed by atoms with E-state index in [2.05, 4.69) is 96.9 Å². The van der Waals surface area contributed by atoms with Gasteiger partial charge < -0.3 is 0 Å². The van der Waals surface area contributed by atoms with Crippen LogP contribution in [0.25, 0.3) is 0 Å². The van der Waals surface area contributed by atoms with E-state index in [0.717, 1.165) is 0 Å². The van der Waals surface area contributed by atoms with Gasteiger partial charge in [0.2, 0.25) is 0 Å². The molecule has 1 fully saturated rings. The molecule has 0 radical (unpaired) electrons. The van der Waals surface area contributed by atoms with Crippen molar-refractivity contribution in [1.82, 2.24) is 0 Å². The Morgan fingerprint density at radius 3 is 1.00 bits per heavy atom. The SMILES string of the molecule is CC(C)(C)C(C)(C)C(C)(C)C1(C)C(C)(C)C(C)(C)C1(C)C. The molecule has 1 aliphatic rings. The normalized spacial score (nSPS) is 27.1. The fourth-order valence-corrected chi connectivity index (χ4v) is 5.88. The first-order chi connectivity index (χ1) is 8.75. The first kappa shape index (κ1) is 19.0. The first-order valence-corrected chi connectivity index (χ1v) is 8.75. The van der Waals surface area contributed by atoms with Gasteiger partial charge in [-0.3, -0.25) is 0 Å². The molecule has 1 saturated carbocycles. The van der Waals surface area contributed by atoms with Gasteiger partial charge in [-0.05, 0) is 37.9 Å². The third kappa shape index (κ3) is 1.63. The lowest BCUT2D eigenvalue weighted by Crippen LogP contribution is -2.78. The molecule has 0 aromatic rings. The Bertz CT molecular complexity index is 403. The molecule has 1 rings (SSSR count). The van der Waals surface area contributed by atoms with E-state index in [9.17, 15) is 0 Å². The number of hydrogen-bond donors (Lipinski definition) is 0. The minimum absolute atomic E-state index is 0.237. The Hall–Kier alpha value is 0. The Kier molecular flexibility index (Phi) is 3.71. The van der Waals surface area contributed by atoms with E-state index in [1.165, 1.54) is 0 Å². The Morgan fingerprint density at radius 2 is 0.762 bits per heavy atom. The van der Waals surface area contributed by atoms with Crippen LogP contribution in [0, 0.1) is 37.9 Å². The predicted molar refractivity (Wildman–Crippen MR) is 96.5 cm³/mol. The third-order valence-corrected chi connectivity index (χ3v) is 10.3. The minimum atomic E-state index is 0.237. The quantitative estimate of drug-likeness (QED) is 0.506. The summed E-state index contributed by atoms with van der Waals surface area (Å²) < 4.78 is 0. The Morgan fingerprint density at radius 1 is 0.476 bits per heavy atom. The topological polar surface area (TPSA) is 0 Å². The molecule has 0 saturated heterocycles. The van der Waals surface area contributed by atoms with Crippen LogP contribution in [-0.4, -0.2) is 0 Å². The van der Waals surface area contributed by atoms with Crippen LogP contribution in [0.5, 0.6) is 0 Å². The molecular formula is C21H42. The lowest BCUT2D eigenvalue weighted by atomic mass is 9.21. The van der Waals surface area contributed by atoms with Crippen LogP contribution in [0.4, 0.5) is 0 Å². The van der Waals surface area contributed by atoms with E-state index >= 15 is 0 Å². The summed E-state index contributed by atoms with van der Waals surface area (Å²) in [5.41, 5.74) is 2.03. The molecular weight excluding hydrogens is 252 g/mol. The second kappa shape index (κ2) is 4.09. The highest BCUT2D eigenvalue weighted by Crippen LogP contribution is 2.85. The standard InChI is InChI=1S/C21H42/c1-15(2,3)16(4,5)18(8,9)21(14)19(10,11)17(6,7)20(21,12)13/h1-14H3. The highest BCUT2D eigenvalue weighted by Gasteiger charge is 2.79. The fraction of sp³-hybridized carbons (Fsp3) is 1.00. The maximum absolute atomic E-state index is 2.56. The monoisotopic (exact) mass is 294 g/mol. The maximum atomic E-state index is 2.56. The fourth-order valence-electron chi connectivity index (χ4n) is 5.88. The molecule has 0 heterocycles. The van der Waals surface area contributed by atoms with Gasteiger partial charge in [0, 0.05) is 0 Å². The maximum Gasteiger partial charge on any atom is -0.0156 e. The van der Waals surface area contributed by atoms with Crippen molar-refractivity contribution in [2.24, 2.45) is 37.9 Å². The lowest BCUT2D eigenvalue weighted by molar-refractivity contribution is -0.360. The van der Waals surface area contributed by atoms with Gasteiger partial charge in [0.05, 0.1) is 0 Å². The zero-order chi connectivity index (χ0) is 17.5. The first-order valence-electron chi connectivity index (χ1n) is 8.75. The second-order valence-electron chi connectivity index (χ2n) is 11.5. The van der Waals surface area contributed by atoms with Crippen LogP contribution >= 0.6 is 0 Å². The van der Waals surface area contributed by atoms with Crippen molar-refractivity contribution in [3.63, 3.8) is 0 Å². The summed E-state index contributed by atoms with van der Waals surface area (Å²) in [6.07, 6.45) is 0. The molecule has 0 unspecified atom stereocenters. The zero-order valence-corrected chi connectivity index (χ0v) is 17.5. The molecule has 0 nitrogen and oxygen atoms in total. The van der Waals surface area contributed by atoms with Crippen molar-refractivity contribution < 1.29 is 0 Å². The van der Waals surface area contributed by atoms with Gasteiger partial charge in [-0.2, -0.15) is 0 Å². The summed E-state index contributed by atoms with van der Waals surface area (Å²) in [5.74, 6) is 0. The predicted octanol–water partition coefficient (Wildman–Crippen LogP) is 7.18. The van der Waals surface area contributed by atoms with E-state index in [1.807, 2.05) is 0 Å². The average molecular weight is 295 g/mol. The number of rotatable bonds is 2. The van der Waals surface area contributed by atoms with Crippen molar-refractivity contribution >= 4 is 0 Å². The molecule has 1 aliphatic carbocycles. The molecule has 0 aliphatic heterocycles. The van der Waals surface area contributed by atoms with Gasteiger partial charge in [0.15, 0.2) is 0 Å². The van der Waals surface area contributed by atoms with Gasteiger partial charge in [-0.25, -0.2) is 0 Å².